The van der Waals surface area contributed by atoms with Gasteiger partial charge in [0.15, 0.2) is 0 Å². The van der Waals surface area contributed by atoms with Gasteiger partial charge in [0.05, 0.1) is 30.2 Å². The third-order valence-corrected chi connectivity index (χ3v) is 11.1. The number of fused-ring (bicyclic) bond motifs is 1. The summed E-state index contributed by atoms with van der Waals surface area (Å²) in [5, 5.41) is 15.8. The summed E-state index contributed by atoms with van der Waals surface area (Å²) in [7, 11) is -3.52. The first-order valence-corrected chi connectivity index (χ1v) is 18.0. The molecule has 0 saturated carbocycles. The quantitative estimate of drug-likeness (QED) is 0.295. The van der Waals surface area contributed by atoms with E-state index in [-0.39, 0.29) is 30.6 Å². The number of nitrogens with two attached hydrogens (primary N) is 1. The van der Waals surface area contributed by atoms with E-state index in [1.54, 1.807) is 4.68 Å². The highest BCUT2D eigenvalue weighted by Gasteiger charge is 2.35. The van der Waals surface area contributed by atoms with Crippen molar-refractivity contribution in [2.45, 2.75) is 74.6 Å². The van der Waals surface area contributed by atoms with Crippen LogP contribution < -0.4 is 5.73 Å². The monoisotopic (exact) mass is 662 g/mol. The normalized spacial score (nSPS) is 21.1. The molecule has 2 fully saturated rings. The number of aromatic nitrogens is 2. The molecule has 3 aliphatic rings. The molecule has 15 heteroatoms. The largest absolute Gasteiger partial charge is 0.417 e. The highest BCUT2D eigenvalue weighted by molar-refractivity contribution is 7.99. The van der Waals surface area contributed by atoms with Gasteiger partial charge in [-0.2, -0.15) is 22.6 Å². The Kier molecular flexibility index (Phi) is 10.6. The molecule has 3 N–H and O–H groups in total. The molecule has 1 aromatic carbocycles. The van der Waals surface area contributed by atoms with E-state index < -0.39 is 34.0 Å². The molecule has 0 aliphatic carbocycles. The molecule has 1 atom stereocenters. The van der Waals surface area contributed by atoms with E-state index in [4.69, 9.17) is 10.8 Å². The molecule has 4 heterocycles. The zero-order chi connectivity index (χ0) is 31.6. The topological polar surface area (TPSA) is 108 Å². The molecule has 2 aromatic rings. The first kappa shape index (κ1) is 33.6. The molecule has 0 amide bonds. The van der Waals surface area contributed by atoms with Crippen molar-refractivity contribution < 1.29 is 31.1 Å². The van der Waals surface area contributed by atoms with Crippen LogP contribution in [0.2, 0.25) is 0 Å². The minimum atomic E-state index is -4.55. The number of sulfonamides is 1. The first-order valence-electron chi connectivity index (χ1n) is 15.2. The van der Waals surface area contributed by atoms with Crippen LogP contribution in [-0.4, -0.2) is 114 Å². The number of benzene rings is 1. The van der Waals surface area contributed by atoms with Crippen LogP contribution in [0.15, 0.2) is 23.1 Å². The van der Waals surface area contributed by atoms with Crippen LogP contribution in [0.25, 0.3) is 11.3 Å². The Morgan fingerprint density at radius 3 is 2.41 bits per heavy atom. The van der Waals surface area contributed by atoms with Crippen molar-refractivity contribution >= 4 is 21.8 Å². The second-order valence-electron chi connectivity index (χ2n) is 12.2. The van der Waals surface area contributed by atoms with Crippen molar-refractivity contribution in [3.63, 3.8) is 0 Å². The number of halogens is 4. The van der Waals surface area contributed by atoms with Gasteiger partial charge < -0.3 is 20.6 Å². The van der Waals surface area contributed by atoms with Gasteiger partial charge in [-0.25, -0.2) is 12.8 Å². The van der Waals surface area contributed by atoms with Crippen molar-refractivity contribution in [3.8, 4) is 11.3 Å². The Morgan fingerprint density at radius 1 is 1.07 bits per heavy atom. The predicted octanol–water partition coefficient (Wildman–Crippen LogP) is 3.20. The number of β-amino-alcohol motifs (C(OH)–C–C–N with tert-alkyl or cyclic N) is 1. The zero-order valence-corrected chi connectivity index (χ0v) is 26.6. The van der Waals surface area contributed by atoms with Gasteiger partial charge in [0.1, 0.15) is 6.17 Å². The first-order chi connectivity index (χ1) is 20.8. The highest BCUT2D eigenvalue weighted by Crippen LogP contribution is 2.40. The maximum absolute atomic E-state index is 14.0. The van der Waals surface area contributed by atoms with Gasteiger partial charge in [0.25, 0.3) is 0 Å². The molecule has 1 aromatic heterocycles. The average molecular weight is 663 g/mol. The lowest BCUT2D eigenvalue weighted by Gasteiger charge is -2.31. The molecule has 1 unspecified atom stereocenters. The molecule has 0 radical (unpaired) electrons. The lowest BCUT2D eigenvalue weighted by atomic mass is 10.0. The summed E-state index contributed by atoms with van der Waals surface area (Å²) in [6.45, 7) is 4.25. The van der Waals surface area contributed by atoms with Crippen LogP contribution in [-0.2, 0) is 35.7 Å². The van der Waals surface area contributed by atoms with Crippen LogP contribution in [0.5, 0.6) is 0 Å². The molecule has 5 rings (SSSR count). The van der Waals surface area contributed by atoms with E-state index in [0.717, 1.165) is 55.7 Å². The minimum Gasteiger partial charge on any atom is -0.390 e. The molecule has 246 valence electrons. The van der Waals surface area contributed by atoms with Gasteiger partial charge in [-0.3, -0.25) is 4.68 Å². The van der Waals surface area contributed by atoms with Crippen LogP contribution in [0.4, 0.5) is 17.6 Å². The van der Waals surface area contributed by atoms with E-state index in [1.165, 1.54) is 16.4 Å². The van der Waals surface area contributed by atoms with Gasteiger partial charge in [-0.15, -0.1) is 11.8 Å². The molecule has 0 bridgehead atoms. The predicted molar refractivity (Wildman–Crippen MR) is 163 cm³/mol. The van der Waals surface area contributed by atoms with E-state index in [2.05, 4.69) is 9.80 Å². The van der Waals surface area contributed by atoms with Gasteiger partial charge in [-0.1, -0.05) is 6.07 Å². The second-order valence-corrected chi connectivity index (χ2v) is 15.3. The van der Waals surface area contributed by atoms with Crippen LogP contribution in [0, 0.1) is 0 Å². The number of thioether (sulfide) groups is 1. The fourth-order valence-corrected chi connectivity index (χ4v) is 8.16. The smallest absolute Gasteiger partial charge is 0.390 e. The third-order valence-electron chi connectivity index (χ3n) is 8.80. The number of likely N-dealkylation sites (tertiary alicyclic amines) is 2. The summed E-state index contributed by atoms with van der Waals surface area (Å²) in [5.41, 5.74) is 7.58. The van der Waals surface area contributed by atoms with E-state index in [1.807, 2.05) is 0 Å². The zero-order valence-electron chi connectivity index (χ0n) is 25.0. The van der Waals surface area contributed by atoms with Gasteiger partial charge in [-0.05, 0) is 50.9 Å². The van der Waals surface area contributed by atoms with Crippen molar-refractivity contribution in [2.75, 3.05) is 57.8 Å². The standard InChI is InChI=1S/C29H42F4N6O3S2/c1-44(41,42)38-13-8-26-24(19-38)28(35-39(26)18-23(40)17-37-11-6-22(34)7-12-37)20-2-3-25(29(31,32)33)27(16-20)43-15-14-36-9-4-21(30)5-10-36/h2-3,16,21-23,40H,4-15,17-19,34H2,1H3. The van der Waals surface area contributed by atoms with Crippen molar-refractivity contribution in [1.29, 1.82) is 0 Å². The Hall–Kier alpha value is -1.75. The number of alkyl halides is 4. The molecule has 2 saturated heterocycles. The van der Waals surface area contributed by atoms with Crippen molar-refractivity contribution in [2.24, 2.45) is 5.73 Å². The number of hydrogen-bond donors (Lipinski definition) is 2. The number of rotatable bonds is 10. The molecular weight excluding hydrogens is 620 g/mol. The summed E-state index contributed by atoms with van der Waals surface area (Å²) < 4.78 is 83.5. The third kappa shape index (κ3) is 8.34. The Morgan fingerprint density at radius 2 is 1.75 bits per heavy atom. The lowest BCUT2D eigenvalue weighted by Crippen LogP contribution is -2.44. The molecular formula is C29H42F4N6O3S2. The Bertz CT molecular complexity index is 1390. The van der Waals surface area contributed by atoms with E-state index in [9.17, 15) is 31.1 Å². The van der Waals surface area contributed by atoms with E-state index >= 15 is 0 Å². The number of nitrogens with zero attached hydrogens (tertiary/aromatic N) is 5. The Labute approximate surface area is 260 Å². The summed E-state index contributed by atoms with van der Waals surface area (Å²) in [5.74, 6) is 0.408. The molecule has 0 spiro atoms. The maximum Gasteiger partial charge on any atom is 0.417 e. The molecule has 44 heavy (non-hydrogen) atoms. The summed E-state index contributed by atoms with van der Waals surface area (Å²) >= 11 is 1.11. The fraction of sp³-hybridized carbons (Fsp3) is 0.690. The number of piperidine rings is 2. The van der Waals surface area contributed by atoms with Crippen molar-refractivity contribution in [3.05, 3.63) is 35.0 Å². The SMILES string of the molecule is CS(=O)(=O)N1CCc2c(c(-c3ccc(C(F)(F)F)c(SCCN4CCC(F)CC4)c3)nn2CC(O)CN2CCC(N)CC2)C1. The summed E-state index contributed by atoms with van der Waals surface area (Å²) in [6.07, 6.45) is -2.00. The van der Waals surface area contributed by atoms with Crippen LogP contribution >= 0.6 is 11.8 Å². The maximum atomic E-state index is 14.0. The molecule has 3 aliphatic heterocycles. The van der Waals surface area contributed by atoms with Crippen LogP contribution in [0.1, 0.15) is 42.5 Å². The van der Waals surface area contributed by atoms with Crippen LogP contribution in [0.3, 0.4) is 0 Å². The summed E-state index contributed by atoms with van der Waals surface area (Å²) in [4.78, 5) is 4.30. The van der Waals surface area contributed by atoms with Gasteiger partial charge >= 0.3 is 6.18 Å². The second kappa shape index (κ2) is 13.9. The average Bonchev–Trinajstić information content (AvgIpc) is 3.31. The fourth-order valence-electron chi connectivity index (χ4n) is 6.26. The summed E-state index contributed by atoms with van der Waals surface area (Å²) in [6, 6.07) is 4.10. The number of aliphatic hydroxyl groups is 1. The Balaban J connectivity index is 1.41. The number of hydrogen-bond acceptors (Lipinski definition) is 8. The molecule has 9 nitrogen and oxygen atoms in total. The highest BCUT2D eigenvalue weighted by atomic mass is 32.2. The lowest BCUT2D eigenvalue weighted by molar-refractivity contribution is -0.139. The minimum absolute atomic E-state index is 0.0532. The van der Waals surface area contributed by atoms with Gasteiger partial charge in [0.2, 0.25) is 10.0 Å². The number of aliphatic hydroxyl groups excluding tert-OH is 1. The van der Waals surface area contributed by atoms with Gasteiger partial charge in [0, 0.05) is 79.2 Å². The van der Waals surface area contributed by atoms with Crippen molar-refractivity contribution in [1.82, 2.24) is 23.9 Å². The van der Waals surface area contributed by atoms with E-state index in [0.29, 0.717) is 68.0 Å².